The zero-order valence-corrected chi connectivity index (χ0v) is 10.7. The van der Waals surface area contributed by atoms with Crippen molar-refractivity contribution in [3.05, 3.63) is 33.1 Å². The van der Waals surface area contributed by atoms with Gasteiger partial charge >= 0.3 is 0 Å². The summed E-state index contributed by atoms with van der Waals surface area (Å²) in [5.74, 6) is 0. The van der Waals surface area contributed by atoms with Gasteiger partial charge in [-0.1, -0.05) is 37.0 Å². The molecule has 0 fully saturated rings. The second-order valence-electron chi connectivity index (χ2n) is 2.66. The highest BCUT2D eigenvalue weighted by molar-refractivity contribution is 7.19. The standard InChI is InChI=1S/C9H6Cl2S.C2H6/c1-5-2-6-3-7(10)8(11)4-9(6)12-5;1-2/h2-4H,1H3;1-2H3. The average molecular weight is 247 g/mol. The number of benzene rings is 1. The van der Waals surface area contributed by atoms with Crippen LogP contribution in [0, 0.1) is 6.92 Å². The smallest absolute Gasteiger partial charge is 0.0606 e. The zero-order chi connectivity index (χ0) is 10.7. The van der Waals surface area contributed by atoms with E-state index in [9.17, 15) is 0 Å². The molecule has 0 radical (unpaired) electrons. The van der Waals surface area contributed by atoms with E-state index < -0.39 is 0 Å². The number of halogens is 2. The molecule has 0 N–H and O–H groups in total. The fourth-order valence-electron chi connectivity index (χ4n) is 1.17. The maximum Gasteiger partial charge on any atom is 0.0606 e. The molecule has 0 saturated heterocycles. The summed E-state index contributed by atoms with van der Waals surface area (Å²) >= 11 is 13.5. The van der Waals surface area contributed by atoms with Crippen LogP contribution >= 0.6 is 34.5 Å². The first-order chi connectivity index (χ1) is 6.66. The van der Waals surface area contributed by atoms with Gasteiger partial charge in [-0.3, -0.25) is 0 Å². The van der Waals surface area contributed by atoms with Crippen molar-refractivity contribution in [1.29, 1.82) is 0 Å². The fraction of sp³-hybridized carbons (Fsp3) is 0.273. The van der Waals surface area contributed by atoms with E-state index in [1.807, 2.05) is 26.0 Å². The molecule has 1 aromatic carbocycles. The molecule has 0 spiro atoms. The van der Waals surface area contributed by atoms with E-state index in [0.29, 0.717) is 10.0 Å². The Morgan fingerprint density at radius 3 is 2.21 bits per heavy atom. The van der Waals surface area contributed by atoms with E-state index in [1.165, 1.54) is 15.0 Å². The second-order valence-corrected chi connectivity index (χ2v) is 4.76. The predicted octanol–water partition coefficient (Wildman–Crippen LogP) is 5.54. The van der Waals surface area contributed by atoms with Crippen molar-refractivity contribution < 1.29 is 0 Å². The monoisotopic (exact) mass is 246 g/mol. The van der Waals surface area contributed by atoms with Gasteiger partial charge in [-0.05, 0) is 30.5 Å². The van der Waals surface area contributed by atoms with Crippen molar-refractivity contribution in [3.63, 3.8) is 0 Å². The lowest BCUT2D eigenvalue weighted by Crippen LogP contribution is -1.66. The summed E-state index contributed by atoms with van der Waals surface area (Å²) in [6.45, 7) is 6.08. The molecule has 0 amide bonds. The third-order valence-electron chi connectivity index (χ3n) is 1.68. The van der Waals surface area contributed by atoms with Crippen LogP contribution in [0.15, 0.2) is 18.2 Å². The Bertz CT molecular complexity index is 393. The van der Waals surface area contributed by atoms with Crippen molar-refractivity contribution in [1.82, 2.24) is 0 Å². The van der Waals surface area contributed by atoms with E-state index >= 15 is 0 Å². The molecule has 0 aliphatic rings. The van der Waals surface area contributed by atoms with Gasteiger partial charge in [-0.15, -0.1) is 11.3 Å². The summed E-state index contributed by atoms with van der Waals surface area (Å²) in [4.78, 5) is 1.28. The van der Waals surface area contributed by atoms with Crippen LogP contribution in [0.1, 0.15) is 18.7 Å². The molecule has 2 aromatic rings. The van der Waals surface area contributed by atoms with Gasteiger partial charge in [0.2, 0.25) is 0 Å². The lowest BCUT2D eigenvalue weighted by atomic mass is 10.2. The lowest BCUT2D eigenvalue weighted by molar-refractivity contribution is 1.50. The van der Waals surface area contributed by atoms with Gasteiger partial charge in [0.25, 0.3) is 0 Å². The normalized spacial score (nSPS) is 9.79. The van der Waals surface area contributed by atoms with Gasteiger partial charge in [-0.25, -0.2) is 0 Å². The van der Waals surface area contributed by atoms with Gasteiger partial charge in [0.05, 0.1) is 10.0 Å². The van der Waals surface area contributed by atoms with Crippen LogP contribution in [0.2, 0.25) is 10.0 Å². The average Bonchev–Trinajstić information content (AvgIpc) is 2.49. The van der Waals surface area contributed by atoms with Gasteiger partial charge in [0, 0.05) is 9.58 Å². The van der Waals surface area contributed by atoms with Gasteiger partial charge in [0.1, 0.15) is 0 Å². The maximum absolute atomic E-state index is 5.87. The highest BCUT2D eigenvalue weighted by Gasteiger charge is 2.02. The first-order valence-electron chi connectivity index (χ1n) is 4.52. The summed E-state index contributed by atoms with van der Waals surface area (Å²) in [6, 6.07) is 5.93. The number of thiophene rings is 1. The van der Waals surface area contributed by atoms with E-state index in [-0.39, 0.29) is 0 Å². The molecule has 0 bridgehead atoms. The van der Waals surface area contributed by atoms with Crippen molar-refractivity contribution >= 4 is 44.6 Å². The maximum atomic E-state index is 5.87. The van der Waals surface area contributed by atoms with Crippen LogP contribution in [-0.2, 0) is 0 Å². The Morgan fingerprint density at radius 2 is 1.57 bits per heavy atom. The third kappa shape index (κ3) is 2.41. The van der Waals surface area contributed by atoms with E-state index in [4.69, 9.17) is 23.2 Å². The van der Waals surface area contributed by atoms with Crippen LogP contribution in [0.3, 0.4) is 0 Å². The minimum absolute atomic E-state index is 0.627. The molecule has 0 nitrogen and oxygen atoms in total. The number of hydrogen-bond acceptors (Lipinski definition) is 1. The highest BCUT2D eigenvalue weighted by atomic mass is 35.5. The van der Waals surface area contributed by atoms with Crippen LogP contribution in [-0.4, -0.2) is 0 Å². The summed E-state index contributed by atoms with van der Waals surface area (Å²) in [7, 11) is 0. The first kappa shape index (κ1) is 11.8. The molecule has 2 rings (SSSR count). The topological polar surface area (TPSA) is 0 Å². The molecule has 0 saturated carbocycles. The minimum atomic E-state index is 0.627. The molecule has 0 atom stereocenters. The first-order valence-corrected chi connectivity index (χ1v) is 6.09. The Kier molecular flexibility index (Phi) is 4.24. The van der Waals surface area contributed by atoms with Gasteiger partial charge < -0.3 is 0 Å². The Labute approximate surface area is 98.5 Å². The van der Waals surface area contributed by atoms with Crippen LogP contribution in [0.25, 0.3) is 10.1 Å². The Hall–Kier alpha value is -0.240. The molecule has 0 unspecified atom stereocenters. The number of aryl methyl sites for hydroxylation is 1. The SMILES string of the molecule is CC.Cc1cc2cc(Cl)c(Cl)cc2s1. The molecule has 76 valence electrons. The number of hydrogen-bond donors (Lipinski definition) is 0. The van der Waals surface area contributed by atoms with Crippen LogP contribution < -0.4 is 0 Å². The zero-order valence-electron chi connectivity index (χ0n) is 8.40. The number of fused-ring (bicyclic) bond motifs is 1. The van der Waals surface area contributed by atoms with E-state index in [0.717, 1.165) is 0 Å². The van der Waals surface area contributed by atoms with Crippen molar-refractivity contribution in [3.8, 4) is 0 Å². The highest BCUT2D eigenvalue weighted by Crippen LogP contribution is 2.32. The molecule has 1 heterocycles. The molecule has 3 heteroatoms. The predicted molar refractivity (Wildman–Crippen MR) is 67.9 cm³/mol. The van der Waals surface area contributed by atoms with Crippen molar-refractivity contribution in [2.75, 3.05) is 0 Å². The van der Waals surface area contributed by atoms with Crippen molar-refractivity contribution in [2.45, 2.75) is 20.8 Å². The lowest BCUT2D eigenvalue weighted by Gasteiger charge is -1.93. The van der Waals surface area contributed by atoms with Gasteiger partial charge in [0.15, 0.2) is 0 Å². The quantitative estimate of drug-likeness (QED) is 0.573. The molecular formula is C11H12Cl2S. The molecule has 0 aliphatic carbocycles. The fourth-order valence-corrected chi connectivity index (χ4v) is 2.51. The summed E-state index contributed by atoms with van der Waals surface area (Å²) in [5.41, 5.74) is 0. The Morgan fingerprint density at radius 1 is 1.00 bits per heavy atom. The van der Waals surface area contributed by atoms with E-state index in [1.54, 1.807) is 11.3 Å². The van der Waals surface area contributed by atoms with Crippen molar-refractivity contribution in [2.24, 2.45) is 0 Å². The molecular weight excluding hydrogens is 235 g/mol. The second kappa shape index (κ2) is 5.01. The summed E-state index contributed by atoms with van der Waals surface area (Å²) in [5, 5.41) is 2.43. The minimum Gasteiger partial charge on any atom is -0.141 e. The largest absolute Gasteiger partial charge is 0.141 e. The Balaban J connectivity index is 0.000000461. The number of rotatable bonds is 0. The van der Waals surface area contributed by atoms with Gasteiger partial charge in [-0.2, -0.15) is 0 Å². The third-order valence-corrected chi connectivity index (χ3v) is 3.42. The van der Waals surface area contributed by atoms with E-state index in [2.05, 4.69) is 13.0 Å². The van der Waals surface area contributed by atoms with Crippen LogP contribution in [0.4, 0.5) is 0 Å². The molecule has 14 heavy (non-hydrogen) atoms. The summed E-state index contributed by atoms with van der Waals surface area (Å²) < 4.78 is 1.20. The molecule has 1 aromatic heterocycles. The van der Waals surface area contributed by atoms with Crippen LogP contribution in [0.5, 0.6) is 0 Å². The summed E-state index contributed by atoms with van der Waals surface area (Å²) in [6.07, 6.45) is 0. The molecule has 0 aliphatic heterocycles.